The molecule has 0 aromatic heterocycles. The van der Waals surface area contributed by atoms with Gasteiger partial charge in [0.25, 0.3) is 0 Å². The van der Waals surface area contributed by atoms with Gasteiger partial charge in [-0.15, -0.1) is 13.2 Å². The lowest BCUT2D eigenvalue weighted by Gasteiger charge is -2.40. The van der Waals surface area contributed by atoms with Gasteiger partial charge in [-0.05, 0) is 80.5 Å². The van der Waals surface area contributed by atoms with Crippen LogP contribution in [0.3, 0.4) is 0 Å². The molecule has 1 unspecified atom stereocenters. The summed E-state index contributed by atoms with van der Waals surface area (Å²) in [6, 6.07) is 10.8. The zero-order valence-corrected chi connectivity index (χ0v) is 24.2. The minimum Gasteiger partial charge on any atom is -0.462 e. The standard InChI is InChI=1S/C31H50O3Si/c1-9-11-18-30(32)33-29-23-24(3)27(28(29)15-10-2)22-21-26(34-35(7,8)31(4,5)6)20-19-25-16-13-12-14-17-25/h9-10,12-14,16-17,24,26-29H,1-2,11,15,18-23H2,3-8H3/t24-,26?,27+,28-,29+/m1/s1. The number of esters is 1. The smallest absolute Gasteiger partial charge is 0.306 e. The highest BCUT2D eigenvalue weighted by atomic mass is 28.4. The number of hydrogen-bond acceptors (Lipinski definition) is 3. The van der Waals surface area contributed by atoms with Crippen molar-refractivity contribution >= 4 is 14.3 Å². The lowest BCUT2D eigenvalue weighted by atomic mass is 9.83. The van der Waals surface area contributed by atoms with E-state index < -0.39 is 8.32 Å². The summed E-state index contributed by atoms with van der Waals surface area (Å²) in [5, 5.41) is 0.189. The summed E-state index contributed by atoms with van der Waals surface area (Å²) in [5.74, 6) is 1.30. The van der Waals surface area contributed by atoms with Gasteiger partial charge in [-0.3, -0.25) is 4.79 Å². The Kier molecular flexibility index (Phi) is 11.5. The number of benzene rings is 1. The summed E-state index contributed by atoms with van der Waals surface area (Å²) in [4.78, 5) is 12.3. The molecule has 4 heteroatoms. The first-order valence-corrected chi connectivity index (χ1v) is 16.5. The molecule has 0 heterocycles. The SMILES string of the molecule is C=CCCC(=O)O[C@H]1C[C@@H](C)[C@H](CCC(CCc2ccccc2)O[Si](C)(C)C(C)(C)C)[C@H]1CC=C. The van der Waals surface area contributed by atoms with E-state index >= 15 is 0 Å². The van der Waals surface area contributed by atoms with Crippen LogP contribution < -0.4 is 0 Å². The molecule has 0 N–H and O–H groups in total. The Bertz CT molecular complexity index is 795. The van der Waals surface area contributed by atoms with Crippen molar-refractivity contribution in [2.24, 2.45) is 17.8 Å². The van der Waals surface area contributed by atoms with Crippen LogP contribution >= 0.6 is 0 Å². The number of aryl methyl sites for hydroxylation is 1. The van der Waals surface area contributed by atoms with Gasteiger partial charge in [-0.2, -0.15) is 0 Å². The third-order valence-electron chi connectivity index (χ3n) is 8.32. The van der Waals surface area contributed by atoms with Gasteiger partial charge in [0.15, 0.2) is 8.32 Å². The Morgan fingerprint density at radius 1 is 1.11 bits per heavy atom. The van der Waals surface area contributed by atoms with Gasteiger partial charge in [-0.25, -0.2) is 0 Å². The van der Waals surface area contributed by atoms with Crippen molar-refractivity contribution < 1.29 is 14.0 Å². The number of carbonyl (C=O) groups is 1. The van der Waals surface area contributed by atoms with Gasteiger partial charge in [0.1, 0.15) is 6.10 Å². The number of allylic oxidation sites excluding steroid dienone is 2. The molecule has 1 fully saturated rings. The van der Waals surface area contributed by atoms with E-state index in [2.05, 4.69) is 84.3 Å². The summed E-state index contributed by atoms with van der Waals surface area (Å²) < 4.78 is 12.9. The van der Waals surface area contributed by atoms with E-state index in [1.165, 1.54) is 5.56 Å². The molecule has 0 bridgehead atoms. The van der Waals surface area contributed by atoms with E-state index in [4.69, 9.17) is 9.16 Å². The van der Waals surface area contributed by atoms with Gasteiger partial charge in [-0.1, -0.05) is 70.2 Å². The molecule has 0 aliphatic heterocycles. The number of carbonyl (C=O) groups excluding carboxylic acids is 1. The number of ether oxygens (including phenoxy) is 1. The van der Waals surface area contributed by atoms with Crippen LogP contribution in [0.15, 0.2) is 55.6 Å². The highest BCUT2D eigenvalue weighted by molar-refractivity contribution is 6.74. The van der Waals surface area contributed by atoms with Crippen LogP contribution in [-0.4, -0.2) is 26.5 Å². The zero-order chi connectivity index (χ0) is 26.1. The average molecular weight is 499 g/mol. The van der Waals surface area contributed by atoms with Crippen LogP contribution in [0.25, 0.3) is 0 Å². The molecule has 0 amide bonds. The van der Waals surface area contributed by atoms with Gasteiger partial charge < -0.3 is 9.16 Å². The third kappa shape index (κ3) is 9.06. The summed E-state index contributed by atoms with van der Waals surface area (Å²) >= 11 is 0. The van der Waals surface area contributed by atoms with E-state index in [-0.39, 0.29) is 23.2 Å². The Hall–Kier alpha value is -1.65. The van der Waals surface area contributed by atoms with Gasteiger partial charge in [0.05, 0.1) is 0 Å². The van der Waals surface area contributed by atoms with Crippen LogP contribution in [0, 0.1) is 17.8 Å². The molecule has 35 heavy (non-hydrogen) atoms. The maximum absolute atomic E-state index is 12.3. The van der Waals surface area contributed by atoms with Crippen molar-refractivity contribution in [1.82, 2.24) is 0 Å². The van der Waals surface area contributed by atoms with E-state index in [0.29, 0.717) is 30.6 Å². The molecule has 196 valence electrons. The molecule has 2 rings (SSSR count). The molecule has 1 aromatic rings. The molecule has 1 aliphatic rings. The predicted molar refractivity (Wildman–Crippen MR) is 151 cm³/mol. The Labute approximate surface area is 216 Å². The predicted octanol–water partition coefficient (Wildman–Crippen LogP) is 8.52. The van der Waals surface area contributed by atoms with E-state index in [1.807, 2.05) is 6.08 Å². The molecule has 1 aliphatic carbocycles. The summed E-state index contributed by atoms with van der Waals surface area (Å²) in [6.45, 7) is 21.7. The largest absolute Gasteiger partial charge is 0.462 e. The number of rotatable bonds is 14. The molecule has 3 nitrogen and oxygen atoms in total. The molecule has 0 radical (unpaired) electrons. The second-order valence-corrected chi connectivity index (χ2v) is 16.8. The van der Waals surface area contributed by atoms with Crippen molar-refractivity contribution in [2.75, 3.05) is 0 Å². The number of hydrogen-bond donors (Lipinski definition) is 0. The first-order chi connectivity index (χ1) is 16.5. The maximum Gasteiger partial charge on any atom is 0.306 e. The fourth-order valence-corrected chi connectivity index (χ4v) is 6.64. The van der Waals surface area contributed by atoms with E-state index in [0.717, 1.165) is 38.5 Å². The first-order valence-electron chi connectivity index (χ1n) is 13.6. The molecular weight excluding hydrogens is 448 g/mol. The molecule has 1 aromatic carbocycles. The molecular formula is C31H50O3Si. The fraction of sp³-hybridized carbons (Fsp3) is 0.645. The van der Waals surface area contributed by atoms with Crippen molar-refractivity contribution in [2.45, 2.75) is 109 Å². The maximum atomic E-state index is 12.3. The zero-order valence-electron chi connectivity index (χ0n) is 23.2. The van der Waals surface area contributed by atoms with Crippen LogP contribution in [0.1, 0.15) is 78.2 Å². The topological polar surface area (TPSA) is 35.5 Å². The molecule has 0 saturated heterocycles. The summed E-state index contributed by atoms with van der Waals surface area (Å²) in [6.07, 6.45) is 11.2. The minimum atomic E-state index is -1.87. The normalized spacial score (nSPS) is 23.6. The molecule has 5 atom stereocenters. The Balaban J connectivity index is 2.10. The lowest BCUT2D eigenvalue weighted by Crippen LogP contribution is -2.44. The second kappa shape index (κ2) is 13.6. The Morgan fingerprint density at radius 2 is 1.80 bits per heavy atom. The minimum absolute atomic E-state index is 0.00519. The van der Waals surface area contributed by atoms with Crippen molar-refractivity contribution in [3.63, 3.8) is 0 Å². The Morgan fingerprint density at radius 3 is 2.40 bits per heavy atom. The van der Waals surface area contributed by atoms with Crippen molar-refractivity contribution in [3.8, 4) is 0 Å². The van der Waals surface area contributed by atoms with Crippen LogP contribution in [0.5, 0.6) is 0 Å². The van der Waals surface area contributed by atoms with Crippen LogP contribution in [0.4, 0.5) is 0 Å². The highest BCUT2D eigenvalue weighted by Gasteiger charge is 2.43. The average Bonchev–Trinajstić information content (AvgIpc) is 3.08. The van der Waals surface area contributed by atoms with E-state index in [1.54, 1.807) is 6.08 Å². The molecule has 1 saturated carbocycles. The van der Waals surface area contributed by atoms with E-state index in [9.17, 15) is 4.79 Å². The second-order valence-electron chi connectivity index (χ2n) is 12.0. The van der Waals surface area contributed by atoms with Gasteiger partial charge in [0, 0.05) is 18.4 Å². The molecule has 0 spiro atoms. The third-order valence-corrected chi connectivity index (χ3v) is 12.9. The van der Waals surface area contributed by atoms with Gasteiger partial charge in [0.2, 0.25) is 0 Å². The lowest BCUT2D eigenvalue weighted by molar-refractivity contribution is -0.151. The van der Waals surface area contributed by atoms with Crippen LogP contribution in [0.2, 0.25) is 18.1 Å². The fourth-order valence-electron chi connectivity index (χ4n) is 5.22. The van der Waals surface area contributed by atoms with Crippen molar-refractivity contribution in [3.05, 3.63) is 61.2 Å². The first kappa shape index (κ1) is 29.6. The summed E-state index contributed by atoms with van der Waals surface area (Å²) in [7, 11) is -1.87. The quantitative estimate of drug-likeness (QED) is 0.146. The summed E-state index contributed by atoms with van der Waals surface area (Å²) in [5.41, 5.74) is 1.38. The van der Waals surface area contributed by atoms with Crippen LogP contribution in [-0.2, 0) is 20.4 Å². The highest BCUT2D eigenvalue weighted by Crippen LogP contribution is 2.45. The monoisotopic (exact) mass is 498 g/mol. The van der Waals surface area contributed by atoms with Gasteiger partial charge >= 0.3 is 5.97 Å². The van der Waals surface area contributed by atoms with Crippen molar-refractivity contribution in [1.29, 1.82) is 0 Å².